The van der Waals surface area contributed by atoms with E-state index in [1.165, 1.54) is 7.11 Å². The quantitative estimate of drug-likeness (QED) is 0.784. The second kappa shape index (κ2) is 5.67. The molecule has 0 aliphatic carbocycles. The highest BCUT2D eigenvalue weighted by Crippen LogP contribution is 2.16. The number of hydrogen-bond acceptors (Lipinski definition) is 4. The second-order valence-electron chi connectivity index (χ2n) is 2.84. The molecule has 0 amide bonds. The van der Waals surface area contributed by atoms with Crippen molar-refractivity contribution in [1.29, 1.82) is 0 Å². The van der Waals surface area contributed by atoms with Crippen molar-refractivity contribution in [1.82, 2.24) is 0 Å². The highest BCUT2D eigenvalue weighted by molar-refractivity contribution is 5.85. The molecule has 1 atom stereocenters. The van der Waals surface area contributed by atoms with Crippen molar-refractivity contribution < 1.29 is 13.9 Å². The van der Waals surface area contributed by atoms with Gasteiger partial charge in [-0.1, -0.05) is 0 Å². The smallest absolute Gasteiger partial charge is 0.307 e. The van der Waals surface area contributed by atoms with Gasteiger partial charge in [0, 0.05) is 0 Å². The lowest BCUT2D eigenvalue weighted by Crippen LogP contribution is -2.15. The van der Waals surface area contributed by atoms with Crippen LogP contribution in [-0.2, 0) is 9.53 Å². The number of ether oxygens (including phenoxy) is 1. The largest absolute Gasteiger partial charge is 0.469 e. The summed E-state index contributed by atoms with van der Waals surface area (Å²) in [4.78, 5) is 10.9. The topological polar surface area (TPSA) is 65.5 Å². The van der Waals surface area contributed by atoms with Crippen molar-refractivity contribution in [3.63, 3.8) is 0 Å². The summed E-state index contributed by atoms with van der Waals surface area (Å²) in [6.45, 7) is 1.83. The Bertz CT molecular complexity index is 298. The third-order valence-corrected chi connectivity index (χ3v) is 1.74. The summed E-state index contributed by atoms with van der Waals surface area (Å²) in [6, 6.07) is 3.16. The zero-order valence-corrected chi connectivity index (χ0v) is 8.97. The summed E-state index contributed by atoms with van der Waals surface area (Å²) < 4.78 is 9.75. The Hall–Kier alpha value is -1.00. The summed E-state index contributed by atoms with van der Waals surface area (Å²) in [7, 11) is 1.34. The molecule has 1 heterocycles. The van der Waals surface area contributed by atoms with Gasteiger partial charge in [0.2, 0.25) is 0 Å². The first-order chi connectivity index (χ1) is 6.13. The van der Waals surface area contributed by atoms with Crippen LogP contribution in [-0.4, -0.2) is 13.1 Å². The molecular weight excluding hydrogens is 206 g/mol. The van der Waals surface area contributed by atoms with Crippen LogP contribution in [0, 0.1) is 6.92 Å². The molecule has 1 aromatic rings. The zero-order valence-electron chi connectivity index (χ0n) is 8.15. The maximum absolute atomic E-state index is 10.9. The molecule has 0 aromatic carbocycles. The molecule has 0 radical (unpaired) electrons. The lowest BCUT2D eigenvalue weighted by Gasteiger charge is -2.06. The molecule has 0 aliphatic rings. The minimum atomic E-state index is -0.416. The van der Waals surface area contributed by atoms with Crippen LogP contribution in [0.2, 0.25) is 0 Å². The van der Waals surface area contributed by atoms with Crippen molar-refractivity contribution in [2.45, 2.75) is 19.4 Å². The number of carbonyl (C=O) groups excluding carboxylic acids is 1. The maximum atomic E-state index is 10.9. The Kier molecular flexibility index (Phi) is 5.27. The minimum Gasteiger partial charge on any atom is -0.469 e. The second-order valence-corrected chi connectivity index (χ2v) is 2.84. The van der Waals surface area contributed by atoms with Crippen LogP contribution in [0.1, 0.15) is 24.0 Å². The fraction of sp³-hybridized carbons (Fsp3) is 0.444. The molecule has 0 spiro atoms. The van der Waals surface area contributed by atoms with Gasteiger partial charge in [0.05, 0.1) is 19.6 Å². The molecule has 0 fully saturated rings. The van der Waals surface area contributed by atoms with Crippen molar-refractivity contribution in [3.8, 4) is 0 Å². The molecule has 0 saturated heterocycles. The number of methoxy groups -OCH3 is 1. The van der Waals surface area contributed by atoms with E-state index < -0.39 is 6.04 Å². The molecule has 0 bridgehead atoms. The maximum Gasteiger partial charge on any atom is 0.307 e. The van der Waals surface area contributed by atoms with Gasteiger partial charge in [0.25, 0.3) is 0 Å². The van der Waals surface area contributed by atoms with Crippen LogP contribution in [0.4, 0.5) is 0 Å². The number of halogens is 1. The summed E-state index contributed by atoms with van der Waals surface area (Å²) in [5, 5.41) is 0. The van der Waals surface area contributed by atoms with Crippen LogP contribution in [0.15, 0.2) is 16.5 Å². The SMILES string of the molecule is COC(=O)C[C@@H](N)c1ccc(C)o1.Cl. The highest BCUT2D eigenvalue weighted by Gasteiger charge is 2.14. The Morgan fingerprint density at radius 3 is 2.71 bits per heavy atom. The van der Waals surface area contributed by atoms with E-state index >= 15 is 0 Å². The molecule has 1 rings (SSSR count). The van der Waals surface area contributed by atoms with Gasteiger partial charge >= 0.3 is 5.97 Å². The van der Waals surface area contributed by atoms with E-state index in [1.54, 1.807) is 6.07 Å². The Morgan fingerprint density at radius 2 is 2.29 bits per heavy atom. The molecule has 14 heavy (non-hydrogen) atoms. The highest BCUT2D eigenvalue weighted by atomic mass is 35.5. The van der Waals surface area contributed by atoms with Gasteiger partial charge in [-0.25, -0.2) is 0 Å². The van der Waals surface area contributed by atoms with E-state index in [-0.39, 0.29) is 24.8 Å². The molecule has 0 aliphatic heterocycles. The van der Waals surface area contributed by atoms with Gasteiger partial charge in [0.15, 0.2) is 0 Å². The monoisotopic (exact) mass is 219 g/mol. The van der Waals surface area contributed by atoms with Crippen LogP contribution in [0.25, 0.3) is 0 Å². The summed E-state index contributed by atoms with van der Waals surface area (Å²) in [5.74, 6) is 1.07. The number of aryl methyl sites for hydroxylation is 1. The Morgan fingerprint density at radius 1 is 1.64 bits per heavy atom. The first-order valence-corrected chi connectivity index (χ1v) is 4.02. The fourth-order valence-electron chi connectivity index (χ4n) is 1.02. The van der Waals surface area contributed by atoms with Gasteiger partial charge in [-0.05, 0) is 19.1 Å². The molecular formula is C9H14ClNO3. The normalized spacial score (nSPS) is 11.6. The number of esters is 1. The first-order valence-electron chi connectivity index (χ1n) is 4.02. The third-order valence-electron chi connectivity index (χ3n) is 1.74. The zero-order chi connectivity index (χ0) is 9.84. The molecule has 5 heteroatoms. The minimum absolute atomic E-state index is 0. The van der Waals surface area contributed by atoms with Gasteiger partial charge in [0.1, 0.15) is 11.5 Å². The number of nitrogens with two attached hydrogens (primary N) is 1. The molecule has 1 aromatic heterocycles. The number of rotatable bonds is 3. The predicted molar refractivity (Wildman–Crippen MR) is 54.3 cm³/mol. The van der Waals surface area contributed by atoms with Gasteiger partial charge < -0.3 is 14.9 Å². The van der Waals surface area contributed by atoms with Crippen LogP contribution >= 0.6 is 12.4 Å². The Balaban J connectivity index is 0.00000169. The van der Waals surface area contributed by atoms with Gasteiger partial charge in [-0.3, -0.25) is 4.79 Å². The fourth-order valence-corrected chi connectivity index (χ4v) is 1.02. The lowest BCUT2D eigenvalue weighted by atomic mass is 10.2. The average molecular weight is 220 g/mol. The number of furan rings is 1. The van der Waals surface area contributed by atoms with Crippen molar-refractivity contribution in [2.24, 2.45) is 5.73 Å². The average Bonchev–Trinajstić information content (AvgIpc) is 2.51. The third kappa shape index (κ3) is 3.40. The lowest BCUT2D eigenvalue weighted by molar-refractivity contribution is -0.141. The first kappa shape index (κ1) is 13.0. The van der Waals surface area contributed by atoms with Crippen molar-refractivity contribution in [3.05, 3.63) is 23.7 Å². The number of hydrogen-bond donors (Lipinski definition) is 1. The van der Waals surface area contributed by atoms with E-state index in [2.05, 4.69) is 4.74 Å². The van der Waals surface area contributed by atoms with E-state index in [0.29, 0.717) is 5.76 Å². The summed E-state index contributed by atoms with van der Waals surface area (Å²) >= 11 is 0. The Labute approximate surface area is 88.8 Å². The van der Waals surface area contributed by atoms with Crippen LogP contribution < -0.4 is 5.73 Å². The van der Waals surface area contributed by atoms with E-state index in [1.807, 2.05) is 13.0 Å². The summed E-state index contributed by atoms with van der Waals surface area (Å²) in [5.41, 5.74) is 5.69. The molecule has 0 unspecified atom stereocenters. The van der Waals surface area contributed by atoms with Gasteiger partial charge in [-0.15, -0.1) is 12.4 Å². The summed E-state index contributed by atoms with van der Waals surface area (Å²) in [6.07, 6.45) is 0.142. The standard InChI is InChI=1S/C9H13NO3.ClH/c1-6-3-4-8(13-6)7(10)5-9(11)12-2;/h3-4,7H,5,10H2,1-2H3;1H/t7-;/m1./s1. The van der Waals surface area contributed by atoms with Crippen molar-refractivity contribution >= 4 is 18.4 Å². The molecule has 2 N–H and O–H groups in total. The van der Waals surface area contributed by atoms with Crippen LogP contribution in [0.3, 0.4) is 0 Å². The molecule has 4 nitrogen and oxygen atoms in total. The van der Waals surface area contributed by atoms with E-state index in [0.717, 1.165) is 5.76 Å². The van der Waals surface area contributed by atoms with E-state index in [9.17, 15) is 4.79 Å². The number of carbonyl (C=O) groups is 1. The van der Waals surface area contributed by atoms with E-state index in [4.69, 9.17) is 10.2 Å². The van der Waals surface area contributed by atoms with Crippen molar-refractivity contribution in [2.75, 3.05) is 7.11 Å². The molecule has 0 saturated carbocycles. The predicted octanol–water partition coefficient (Wildman–Crippen LogP) is 1.57. The molecule has 80 valence electrons. The van der Waals surface area contributed by atoms with Crippen LogP contribution in [0.5, 0.6) is 0 Å². The van der Waals surface area contributed by atoms with Gasteiger partial charge in [-0.2, -0.15) is 0 Å².